The number of alkyl halides is 3. The molecule has 0 rings (SSSR count). The molecule has 0 fully saturated rings. The molecule has 0 aliphatic carbocycles. The maximum absolute atomic E-state index is 12.6. The summed E-state index contributed by atoms with van der Waals surface area (Å²) in [7, 11) is 0. The first kappa shape index (κ1) is 12.8. The fourth-order valence-electron chi connectivity index (χ4n) is 1.02. The highest BCUT2D eigenvalue weighted by atomic mass is 19.4. The van der Waals surface area contributed by atoms with Gasteiger partial charge in [0.15, 0.2) is 5.60 Å². The van der Waals surface area contributed by atoms with Crippen LogP contribution in [0.15, 0.2) is 0 Å². The molecule has 0 aromatic rings. The summed E-state index contributed by atoms with van der Waals surface area (Å²) in [5, 5.41) is 0. The minimum Gasteiger partial charge on any atom is -0.363 e. The molecule has 0 saturated carbocycles. The summed E-state index contributed by atoms with van der Waals surface area (Å²) < 4.78 is 42.7. The van der Waals surface area contributed by atoms with Crippen LogP contribution in [0.2, 0.25) is 0 Å². The number of rotatable bonds is 3. The van der Waals surface area contributed by atoms with Gasteiger partial charge in [0.25, 0.3) is 0 Å². The van der Waals surface area contributed by atoms with Crippen LogP contribution in [0.4, 0.5) is 13.2 Å². The quantitative estimate of drug-likeness (QED) is 0.675. The van der Waals surface area contributed by atoms with Crippen molar-refractivity contribution in [2.24, 2.45) is 5.92 Å². The highest BCUT2D eigenvalue weighted by Crippen LogP contribution is 2.39. The van der Waals surface area contributed by atoms with Gasteiger partial charge in [-0.25, -0.2) is 0 Å². The molecule has 1 atom stereocenters. The molecule has 13 heavy (non-hydrogen) atoms. The van der Waals surface area contributed by atoms with Crippen LogP contribution < -0.4 is 0 Å². The lowest BCUT2D eigenvalue weighted by atomic mass is 9.91. The Kier molecular flexibility index (Phi) is 3.79. The average Bonchev–Trinajstić information content (AvgIpc) is 1.82. The molecule has 1 unspecified atom stereocenters. The molecule has 4 heteroatoms. The summed E-state index contributed by atoms with van der Waals surface area (Å²) in [6, 6.07) is 0. The SMILES string of the molecule is CC(C)OC(C)(C(C)C)C(F)(F)F. The van der Waals surface area contributed by atoms with E-state index in [0.717, 1.165) is 6.92 Å². The minimum atomic E-state index is -4.31. The Labute approximate surface area is 77.3 Å². The Bertz CT molecular complexity index is 163. The second-order valence-electron chi connectivity index (χ2n) is 3.93. The Morgan fingerprint density at radius 1 is 1.00 bits per heavy atom. The molecule has 0 saturated heterocycles. The van der Waals surface area contributed by atoms with E-state index in [4.69, 9.17) is 4.74 Å². The topological polar surface area (TPSA) is 9.23 Å². The predicted molar refractivity (Wildman–Crippen MR) is 45.5 cm³/mol. The second-order valence-corrected chi connectivity index (χ2v) is 3.93. The predicted octanol–water partition coefficient (Wildman–Crippen LogP) is 3.39. The van der Waals surface area contributed by atoms with Crippen LogP contribution in [-0.4, -0.2) is 17.9 Å². The molecular weight excluding hydrogens is 181 g/mol. The van der Waals surface area contributed by atoms with Crippen molar-refractivity contribution in [1.82, 2.24) is 0 Å². The van der Waals surface area contributed by atoms with Crippen molar-refractivity contribution in [3.63, 3.8) is 0 Å². The molecule has 1 nitrogen and oxygen atoms in total. The number of halogens is 3. The Hall–Kier alpha value is -0.250. The maximum Gasteiger partial charge on any atom is 0.417 e. The van der Waals surface area contributed by atoms with E-state index < -0.39 is 23.8 Å². The van der Waals surface area contributed by atoms with Gasteiger partial charge in [0.05, 0.1) is 6.10 Å². The summed E-state index contributed by atoms with van der Waals surface area (Å²) in [5.74, 6) is -0.588. The third-order valence-electron chi connectivity index (χ3n) is 2.15. The summed E-state index contributed by atoms with van der Waals surface area (Å²) in [6.45, 7) is 7.32. The molecule has 0 N–H and O–H groups in total. The summed E-state index contributed by atoms with van der Waals surface area (Å²) >= 11 is 0. The standard InChI is InChI=1S/C9H17F3O/c1-6(2)8(5,9(10,11)12)13-7(3)4/h6-7H,1-5H3. The molecule has 0 bridgehead atoms. The van der Waals surface area contributed by atoms with E-state index in [2.05, 4.69) is 0 Å². The van der Waals surface area contributed by atoms with E-state index >= 15 is 0 Å². The van der Waals surface area contributed by atoms with Gasteiger partial charge in [-0.05, 0) is 26.7 Å². The molecule has 0 heterocycles. The Morgan fingerprint density at radius 2 is 1.38 bits per heavy atom. The molecule has 0 amide bonds. The van der Waals surface area contributed by atoms with Gasteiger partial charge in [-0.2, -0.15) is 13.2 Å². The molecule has 0 aromatic heterocycles. The fraction of sp³-hybridized carbons (Fsp3) is 1.00. The lowest BCUT2D eigenvalue weighted by Crippen LogP contribution is -2.50. The van der Waals surface area contributed by atoms with Crippen LogP contribution in [0.25, 0.3) is 0 Å². The van der Waals surface area contributed by atoms with Gasteiger partial charge in [0.2, 0.25) is 0 Å². The zero-order chi connectivity index (χ0) is 10.9. The third-order valence-corrected chi connectivity index (χ3v) is 2.15. The molecule has 80 valence electrons. The molecule has 0 aromatic carbocycles. The van der Waals surface area contributed by atoms with E-state index in [0.29, 0.717) is 0 Å². The van der Waals surface area contributed by atoms with Crippen molar-refractivity contribution in [3.8, 4) is 0 Å². The van der Waals surface area contributed by atoms with Gasteiger partial charge < -0.3 is 4.74 Å². The van der Waals surface area contributed by atoms with Gasteiger partial charge >= 0.3 is 6.18 Å². The first-order valence-electron chi connectivity index (χ1n) is 4.35. The molecular formula is C9H17F3O. The van der Waals surface area contributed by atoms with E-state index in [1.807, 2.05) is 0 Å². The second kappa shape index (κ2) is 3.86. The van der Waals surface area contributed by atoms with Gasteiger partial charge in [0.1, 0.15) is 0 Å². The summed E-state index contributed by atoms with van der Waals surface area (Å²) in [6.07, 6.45) is -4.74. The normalized spacial score (nSPS) is 18.0. The van der Waals surface area contributed by atoms with Crippen LogP contribution in [0.1, 0.15) is 34.6 Å². The van der Waals surface area contributed by atoms with Crippen molar-refractivity contribution in [2.75, 3.05) is 0 Å². The number of hydrogen-bond acceptors (Lipinski definition) is 1. The summed E-state index contributed by atoms with van der Waals surface area (Å²) in [5.41, 5.74) is -2.04. The van der Waals surface area contributed by atoms with Crippen LogP contribution in [0, 0.1) is 5.92 Å². The zero-order valence-corrected chi connectivity index (χ0v) is 8.70. The van der Waals surface area contributed by atoms with Crippen molar-refractivity contribution < 1.29 is 17.9 Å². The van der Waals surface area contributed by atoms with E-state index in [9.17, 15) is 13.2 Å². The van der Waals surface area contributed by atoms with E-state index in [1.54, 1.807) is 13.8 Å². The number of hydrogen-bond donors (Lipinski definition) is 0. The molecule has 0 radical (unpaired) electrons. The monoisotopic (exact) mass is 198 g/mol. The lowest BCUT2D eigenvalue weighted by molar-refractivity contribution is -0.295. The van der Waals surface area contributed by atoms with Gasteiger partial charge in [-0.1, -0.05) is 13.8 Å². The first-order chi connectivity index (χ1) is 5.61. The van der Waals surface area contributed by atoms with Crippen LogP contribution in [0.5, 0.6) is 0 Å². The highest BCUT2D eigenvalue weighted by molar-refractivity contribution is 4.87. The Morgan fingerprint density at radius 3 is 1.46 bits per heavy atom. The van der Waals surface area contributed by atoms with Gasteiger partial charge in [-0.15, -0.1) is 0 Å². The zero-order valence-electron chi connectivity index (χ0n) is 8.70. The van der Waals surface area contributed by atoms with Crippen molar-refractivity contribution in [1.29, 1.82) is 0 Å². The average molecular weight is 198 g/mol. The first-order valence-corrected chi connectivity index (χ1v) is 4.35. The van der Waals surface area contributed by atoms with Crippen LogP contribution in [-0.2, 0) is 4.74 Å². The molecule has 0 aliphatic heterocycles. The van der Waals surface area contributed by atoms with Crippen molar-refractivity contribution in [3.05, 3.63) is 0 Å². The molecule has 0 aliphatic rings. The van der Waals surface area contributed by atoms with E-state index in [-0.39, 0.29) is 0 Å². The van der Waals surface area contributed by atoms with Gasteiger partial charge in [0, 0.05) is 0 Å². The largest absolute Gasteiger partial charge is 0.417 e. The lowest BCUT2D eigenvalue weighted by Gasteiger charge is -2.37. The van der Waals surface area contributed by atoms with Crippen LogP contribution in [0.3, 0.4) is 0 Å². The van der Waals surface area contributed by atoms with Gasteiger partial charge in [-0.3, -0.25) is 0 Å². The van der Waals surface area contributed by atoms with Crippen LogP contribution >= 0.6 is 0 Å². The maximum atomic E-state index is 12.6. The highest BCUT2D eigenvalue weighted by Gasteiger charge is 2.54. The summed E-state index contributed by atoms with van der Waals surface area (Å²) in [4.78, 5) is 0. The van der Waals surface area contributed by atoms with E-state index in [1.165, 1.54) is 13.8 Å². The fourth-order valence-corrected chi connectivity index (χ4v) is 1.02. The molecule has 0 spiro atoms. The van der Waals surface area contributed by atoms with Crippen molar-refractivity contribution in [2.45, 2.75) is 52.5 Å². The number of ether oxygens (including phenoxy) is 1. The smallest absolute Gasteiger partial charge is 0.363 e. The van der Waals surface area contributed by atoms with Crippen molar-refractivity contribution >= 4 is 0 Å². The Balaban J connectivity index is 4.74. The third kappa shape index (κ3) is 2.86. The minimum absolute atomic E-state index is 0.422.